The van der Waals surface area contributed by atoms with E-state index in [4.69, 9.17) is 11.6 Å². The molecule has 0 atom stereocenters. The largest absolute Gasteiger partial charge is 0.416 e. The minimum atomic E-state index is -4.37. The van der Waals surface area contributed by atoms with Crippen LogP contribution in [0.2, 0.25) is 0 Å². The molecule has 3 rings (SSSR count). The molecule has 0 aliphatic carbocycles. The summed E-state index contributed by atoms with van der Waals surface area (Å²) in [5.74, 6) is 5.88. The summed E-state index contributed by atoms with van der Waals surface area (Å²) in [6, 6.07) is 13.6. The van der Waals surface area contributed by atoms with Gasteiger partial charge in [0.05, 0.1) is 16.9 Å². The van der Waals surface area contributed by atoms with Gasteiger partial charge in [-0.25, -0.2) is 4.98 Å². The highest BCUT2D eigenvalue weighted by molar-refractivity contribution is 5.82. The number of nitrogens with zero attached hydrogens (tertiary/aromatic N) is 1. The lowest BCUT2D eigenvalue weighted by Gasteiger charge is -2.13. The number of alkyl halides is 3. The van der Waals surface area contributed by atoms with E-state index in [1.165, 1.54) is 12.1 Å². The Morgan fingerprint density at radius 1 is 0.962 bits per heavy atom. The third kappa shape index (κ3) is 3.70. The van der Waals surface area contributed by atoms with Gasteiger partial charge in [-0.15, -0.1) is 0 Å². The summed E-state index contributed by atoms with van der Waals surface area (Å²) in [4.78, 5) is 4.28. The van der Waals surface area contributed by atoms with Crippen molar-refractivity contribution in [1.82, 2.24) is 4.98 Å². The zero-order valence-corrected chi connectivity index (χ0v) is 13.5. The zero-order valence-electron chi connectivity index (χ0n) is 13.5. The number of nitrogens with one attached hydrogen (secondary N) is 2. The number of anilines is 4. The minimum absolute atomic E-state index is 0.467. The first-order chi connectivity index (χ1) is 12.4. The van der Waals surface area contributed by atoms with E-state index in [0.29, 0.717) is 22.9 Å². The molecular formula is C18H16F3N5. The fourth-order valence-electron chi connectivity index (χ4n) is 2.48. The third-order valence-electron chi connectivity index (χ3n) is 3.80. The van der Waals surface area contributed by atoms with E-state index < -0.39 is 11.7 Å². The quantitative estimate of drug-likeness (QED) is 0.315. The summed E-state index contributed by atoms with van der Waals surface area (Å²) in [7, 11) is 0. The first-order valence-electron chi connectivity index (χ1n) is 7.64. The Morgan fingerprint density at radius 2 is 1.69 bits per heavy atom. The van der Waals surface area contributed by atoms with Crippen LogP contribution in [-0.4, -0.2) is 4.98 Å². The van der Waals surface area contributed by atoms with Crippen molar-refractivity contribution in [2.24, 2.45) is 5.84 Å². The van der Waals surface area contributed by atoms with E-state index in [2.05, 4.69) is 15.7 Å². The molecule has 0 saturated heterocycles. The van der Waals surface area contributed by atoms with Crippen molar-refractivity contribution >= 4 is 22.9 Å². The number of hydrogen-bond donors (Lipinski definition) is 4. The summed E-state index contributed by atoms with van der Waals surface area (Å²) in [6.45, 7) is 0. The summed E-state index contributed by atoms with van der Waals surface area (Å²) in [5.41, 5.74) is 10.8. The molecule has 0 fully saturated rings. The molecular weight excluding hydrogens is 343 g/mol. The highest BCUT2D eigenvalue weighted by Crippen LogP contribution is 2.33. The number of pyridine rings is 1. The number of hydrazine groups is 1. The maximum Gasteiger partial charge on any atom is 0.416 e. The second kappa shape index (κ2) is 6.93. The molecule has 0 amide bonds. The first-order valence-corrected chi connectivity index (χ1v) is 7.64. The average Bonchev–Trinajstić information content (AvgIpc) is 2.62. The molecule has 1 heterocycles. The van der Waals surface area contributed by atoms with Crippen molar-refractivity contribution in [3.05, 3.63) is 66.4 Å². The molecule has 0 spiro atoms. The summed E-state index contributed by atoms with van der Waals surface area (Å²) < 4.78 is 38.0. The van der Waals surface area contributed by atoms with Gasteiger partial charge in [-0.1, -0.05) is 6.07 Å². The van der Waals surface area contributed by atoms with Gasteiger partial charge in [0.25, 0.3) is 0 Å². The predicted molar refractivity (Wildman–Crippen MR) is 96.6 cm³/mol. The summed E-state index contributed by atoms with van der Waals surface area (Å²) >= 11 is 0. The smallest absolute Gasteiger partial charge is 0.397 e. The monoisotopic (exact) mass is 359 g/mol. The van der Waals surface area contributed by atoms with E-state index in [1.807, 2.05) is 12.1 Å². The lowest BCUT2D eigenvalue weighted by atomic mass is 10.0. The number of benzene rings is 2. The van der Waals surface area contributed by atoms with Crippen LogP contribution in [-0.2, 0) is 6.18 Å². The molecule has 3 aromatic rings. The van der Waals surface area contributed by atoms with Crippen LogP contribution in [0.15, 0.2) is 60.8 Å². The van der Waals surface area contributed by atoms with E-state index in [-0.39, 0.29) is 0 Å². The molecule has 0 radical (unpaired) electrons. The predicted octanol–water partition coefficient (Wildman–Crippen LogP) is 4.38. The molecule has 26 heavy (non-hydrogen) atoms. The van der Waals surface area contributed by atoms with Gasteiger partial charge < -0.3 is 16.5 Å². The van der Waals surface area contributed by atoms with Crippen molar-refractivity contribution in [2.75, 3.05) is 16.5 Å². The van der Waals surface area contributed by atoms with Crippen LogP contribution in [0.5, 0.6) is 0 Å². The molecule has 0 aliphatic rings. The van der Waals surface area contributed by atoms with Gasteiger partial charge in [0.1, 0.15) is 5.82 Å². The molecule has 0 bridgehead atoms. The molecule has 0 saturated carbocycles. The van der Waals surface area contributed by atoms with Crippen molar-refractivity contribution in [3.8, 4) is 11.1 Å². The Labute approximate surface area is 147 Å². The van der Waals surface area contributed by atoms with Gasteiger partial charge in [0, 0.05) is 17.4 Å². The van der Waals surface area contributed by atoms with Crippen LogP contribution in [0, 0.1) is 0 Å². The Hall–Kier alpha value is -3.26. The number of nitrogens with two attached hydrogens (primary N) is 2. The Morgan fingerprint density at radius 3 is 2.31 bits per heavy atom. The summed E-state index contributed by atoms with van der Waals surface area (Å²) in [5, 5.41) is 3.04. The number of halogens is 3. The lowest BCUT2D eigenvalue weighted by molar-refractivity contribution is -0.137. The lowest BCUT2D eigenvalue weighted by Crippen LogP contribution is -2.09. The number of nitrogen functional groups attached to an aromatic ring is 2. The number of rotatable bonds is 4. The van der Waals surface area contributed by atoms with E-state index in [1.54, 1.807) is 24.4 Å². The molecule has 0 unspecified atom stereocenters. The standard InChI is InChI=1S/C18H16F3N5/c19-18(20,21)12-4-6-13(7-5-12)25-17-14(2-1-9-24-17)11-3-8-16(26-23)15(22)10-11/h1-10,26H,22-23H2,(H,24,25). The maximum atomic E-state index is 12.7. The molecule has 8 heteroatoms. The topological polar surface area (TPSA) is 89.0 Å². The number of hydrogen-bond acceptors (Lipinski definition) is 5. The fourth-order valence-corrected chi connectivity index (χ4v) is 2.48. The molecule has 6 N–H and O–H groups in total. The van der Waals surface area contributed by atoms with Crippen LogP contribution in [0.4, 0.5) is 36.1 Å². The van der Waals surface area contributed by atoms with Crippen LogP contribution in [0.25, 0.3) is 11.1 Å². The van der Waals surface area contributed by atoms with Gasteiger partial charge in [-0.3, -0.25) is 5.84 Å². The third-order valence-corrected chi connectivity index (χ3v) is 3.80. The van der Waals surface area contributed by atoms with Crippen molar-refractivity contribution in [3.63, 3.8) is 0 Å². The van der Waals surface area contributed by atoms with Crippen molar-refractivity contribution < 1.29 is 13.2 Å². The van der Waals surface area contributed by atoms with E-state index >= 15 is 0 Å². The fraction of sp³-hybridized carbons (Fsp3) is 0.0556. The molecule has 5 nitrogen and oxygen atoms in total. The molecule has 1 aromatic heterocycles. The van der Waals surface area contributed by atoms with Gasteiger partial charge in [0.2, 0.25) is 0 Å². The second-order valence-corrected chi connectivity index (χ2v) is 5.55. The van der Waals surface area contributed by atoms with Gasteiger partial charge in [-0.2, -0.15) is 13.2 Å². The van der Waals surface area contributed by atoms with Crippen LogP contribution in [0.3, 0.4) is 0 Å². The molecule has 2 aromatic carbocycles. The Bertz CT molecular complexity index is 907. The van der Waals surface area contributed by atoms with Gasteiger partial charge >= 0.3 is 6.18 Å². The maximum absolute atomic E-state index is 12.7. The normalized spacial score (nSPS) is 11.2. The molecule has 134 valence electrons. The van der Waals surface area contributed by atoms with Gasteiger partial charge in [0.15, 0.2) is 0 Å². The van der Waals surface area contributed by atoms with E-state index in [0.717, 1.165) is 23.3 Å². The Kier molecular flexibility index (Phi) is 4.68. The Balaban J connectivity index is 1.91. The minimum Gasteiger partial charge on any atom is -0.397 e. The van der Waals surface area contributed by atoms with Gasteiger partial charge in [-0.05, 0) is 54.1 Å². The first kappa shape index (κ1) is 17.6. The second-order valence-electron chi connectivity index (χ2n) is 5.55. The van der Waals surface area contributed by atoms with Crippen molar-refractivity contribution in [1.29, 1.82) is 0 Å². The molecule has 0 aliphatic heterocycles. The van der Waals surface area contributed by atoms with Crippen LogP contribution >= 0.6 is 0 Å². The van der Waals surface area contributed by atoms with Crippen LogP contribution < -0.4 is 22.3 Å². The van der Waals surface area contributed by atoms with Crippen molar-refractivity contribution in [2.45, 2.75) is 6.18 Å². The summed E-state index contributed by atoms with van der Waals surface area (Å²) in [6.07, 6.45) is -2.78. The van der Waals surface area contributed by atoms with Crippen LogP contribution in [0.1, 0.15) is 5.56 Å². The number of aromatic nitrogens is 1. The SMILES string of the molecule is NNc1ccc(-c2cccnc2Nc2ccc(C(F)(F)F)cc2)cc1N. The highest BCUT2D eigenvalue weighted by atomic mass is 19.4. The average molecular weight is 359 g/mol. The highest BCUT2D eigenvalue weighted by Gasteiger charge is 2.29. The van der Waals surface area contributed by atoms with E-state index in [9.17, 15) is 13.2 Å². The zero-order chi connectivity index (χ0) is 18.7.